The van der Waals surface area contributed by atoms with Gasteiger partial charge >= 0.3 is 7.12 Å². The van der Waals surface area contributed by atoms with Crippen LogP contribution in [0.1, 0.15) is 12.0 Å². The molecule has 0 spiro atoms. The lowest BCUT2D eigenvalue weighted by Gasteiger charge is -2.17. The fraction of sp³-hybridized carbons (Fsp3) is 0.545. The van der Waals surface area contributed by atoms with Crippen molar-refractivity contribution in [1.82, 2.24) is 9.88 Å². The number of methoxy groups -OCH3 is 1. The summed E-state index contributed by atoms with van der Waals surface area (Å²) in [6.07, 6.45) is 2.88. The van der Waals surface area contributed by atoms with Gasteiger partial charge in [0.1, 0.15) is 0 Å². The fourth-order valence-corrected chi connectivity index (χ4v) is 2.19. The van der Waals surface area contributed by atoms with Gasteiger partial charge in [-0.1, -0.05) is 6.07 Å². The molecule has 6 heteroatoms. The van der Waals surface area contributed by atoms with E-state index in [0.29, 0.717) is 12.1 Å². The van der Waals surface area contributed by atoms with Gasteiger partial charge in [-0.15, -0.1) is 0 Å². The van der Waals surface area contributed by atoms with Crippen molar-refractivity contribution in [2.45, 2.75) is 19.1 Å². The van der Waals surface area contributed by atoms with Crippen LogP contribution >= 0.6 is 0 Å². The molecule has 1 fully saturated rings. The molecular weight excluding hydrogens is 219 g/mol. The predicted octanol–water partition coefficient (Wildman–Crippen LogP) is -1.02. The topological polar surface area (TPSA) is 65.8 Å². The van der Waals surface area contributed by atoms with Gasteiger partial charge < -0.3 is 14.8 Å². The van der Waals surface area contributed by atoms with Crippen molar-refractivity contribution in [3.63, 3.8) is 0 Å². The van der Waals surface area contributed by atoms with Crippen molar-refractivity contribution in [3.05, 3.63) is 23.9 Å². The highest BCUT2D eigenvalue weighted by Gasteiger charge is 2.24. The minimum atomic E-state index is -1.51. The Kier molecular flexibility index (Phi) is 4.12. The molecule has 1 aliphatic rings. The Hall–Kier alpha value is -0.945. The summed E-state index contributed by atoms with van der Waals surface area (Å²) in [7, 11) is 0.216. The summed E-state index contributed by atoms with van der Waals surface area (Å²) in [5.74, 6) is 0. The van der Waals surface area contributed by atoms with Crippen LogP contribution in [0.15, 0.2) is 18.3 Å². The normalized spacial score (nSPS) is 20.8. The summed E-state index contributed by atoms with van der Waals surface area (Å²) in [6.45, 7) is 2.53. The van der Waals surface area contributed by atoms with Gasteiger partial charge in [-0.25, -0.2) is 0 Å². The molecule has 0 saturated carbocycles. The van der Waals surface area contributed by atoms with Crippen molar-refractivity contribution < 1.29 is 14.8 Å². The molecule has 1 aromatic heterocycles. The molecule has 5 nitrogen and oxygen atoms in total. The van der Waals surface area contributed by atoms with E-state index in [1.54, 1.807) is 13.3 Å². The van der Waals surface area contributed by atoms with Crippen molar-refractivity contribution >= 4 is 12.7 Å². The van der Waals surface area contributed by atoms with E-state index in [2.05, 4.69) is 9.88 Å². The second kappa shape index (κ2) is 5.60. The molecule has 0 amide bonds. The first-order chi connectivity index (χ1) is 8.20. The molecule has 0 radical (unpaired) electrons. The van der Waals surface area contributed by atoms with E-state index >= 15 is 0 Å². The first-order valence-electron chi connectivity index (χ1n) is 5.75. The largest absolute Gasteiger partial charge is 0.508 e. The van der Waals surface area contributed by atoms with Crippen LogP contribution in [0.25, 0.3) is 0 Å². The minimum Gasteiger partial charge on any atom is -0.422 e. The van der Waals surface area contributed by atoms with E-state index < -0.39 is 7.12 Å². The molecule has 92 valence electrons. The van der Waals surface area contributed by atoms with Gasteiger partial charge in [0.25, 0.3) is 0 Å². The fourth-order valence-electron chi connectivity index (χ4n) is 2.19. The molecule has 0 aliphatic carbocycles. The van der Waals surface area contributed by atoms with Crippen LogP contribution in [-0.4, -0.2) is 53.4 Å². The van der Waals surface area contributed by atoms with Crippen molar-refractivity contribution in [1.29, 1.82) is 0 Å². The van der Waals surface area contributed by atoms with E-state index in [0.717, 1.165) is 25.1 Å². The second-order valence-electron chi connectivity index (χ2n) is 4.30. The number of ether oxygens (including phenoxy) is 1. The van der Waals surface area contributed by atoms with Crippen molar-refractivity contribution in [2.24, 2.45) is 0 Å². The van der Waals surface area contributed by atoms with Gasteiger partial charge in [0.2, 0.25) is 0 Å². The quantitative estimate of drug-likeness (QED) is 0.655. The molecule has 2 heterocycles. The lowest BCUT2D eigenvalue weighted by atomic mass is 9.82. The maximum absolute atomic E-state index is 9.23. The van der Waals surface area contributed by atoms with Crippen LogP contribution in [0.2, 0.25) is 0 Å². The Labute approximate surface area is 101 Å². The number of nitrogens with zero attached hydrogens (tertiary/aromatic N) is 2. The number of rotatable bonds is 4. The summed E-state index contributed by atoms with van der Waals surface area (Å²) < 4.78 is 5.30. The Bertz CT molecular complexity index is 375. The predicted molar refractivity (Wildman–Crippen MR) is 64.8 cm³/mol. The summed E-state index contributed by atoms with van der Waals surface area (Å²) in [5, 5.41) is 18.5. The average Bonchev–Trinajstić information content (AvgIpc) is 2.77. The van der Waals surface area contributed by atoms with E-state index in [1.165, 1.54) is 0 Å². The molecule has 1 aliphatic heterocycles. The number of likely N-dealkylation sites (tertiary alicyclic amines) is 1. The van der Waals surface area contributed by atoms with Crippen LogP contribution in [-0.2, 0) is 11.3 Å². The molecule has 0 aromatic carbocycles. The monoisotopic (exact) mass is 236 g/mol. The summed E-state index contributed by atoms with van der Waals surface area (Å²) in [4.78, 5) is 6.23. The van der Waals surface area contributed by atoms with Crippen LogP contribution in [0.5, 0.6) is 0 Å². The van der Waals surface area contributed by atoms with E-state index in [-0.39, 0.29) is 6.10 Å². The standard InChI is InChI=1S/C11H17BN2O3/c1-17-10-4-6-14(8-10)7-9-3-2-5-13-11(9)12(15)16/h2-3,5,10,15-16H,4,6-8H2,1H3. The van der Waals surface area contributed by atoms with Crippen LogP contribution in [0, 0.1) is 0 Å². The first-order valence-corrected chi connectivity index (χ1v) is 5.75. The molecule has 2 N–H and O–H groups in total. The van der Waals surface area contributed by atoms with Crippen LogP contribution < -0.4 is 5.59 Å². The number of hydrogen-bond acceptors (Lipinski definition) is 5. The van der Waals surface area contributed by atoms with Crippen LogP contribution in [0.4, 0.5) is 0 Å². The van der Waals surface area contributed by atoms with Gasteiger partial charge in [0.15, 0.2) is 0 Å². The van der Waals surface area contributed by atoms with Crippen LogP contribution in [0.3, 0.4) is 0 Å². The summed E-state index contributed by atoms with van der Waals surface area (Å²) in [5.41, 5.74) is 1.20. The van der Waals surface area contributed by atoms with Crippen molar-refractivity contribution in [2.75, 3.05) is 20.2 Å². The highest BCUT2D eigenvalue weighted by Crippen LogP contribution is 2.14. The van der Waals surface area contributed by atoms with Gasteiger partial charge in [-0.3, -0.25) is 9.88 Å². The van der Waals surface area contributed by atoms with E-state index in [4.69, 9.17) is 4.74 Å². The molecule has 1 aromatic rings. The Morgan fingerprint density at radius 2 is 2.41 bits per heavy atom. The first kappa shape index (κ1) is 12.5. The number of aromatic nitrogens is 1. The zero-order chi connectivity index (χ0) is 12.3. The minimum absolute atomic E-state index is 0.286. The van der Waals surface area contributed by atoms with E-state index in [9.17, 15) is 10.0 Å². The zero-order valence-electron chi connectivity index (χ0n) is 9.91. The number of hydrogen-bond donors (Lipinski definition) is 2. The summed E-state index contributed by atoms with van der Waals surface area (Å²) >= 11 is 0. The highest BCUT2D eigenvalue weighted by molar-refractivity contribution is 6.58. The maximum Gasteiger partial charge on any atom is 0.508 e. The van der Waals surface area contributed by atoms with Gasteiger partial charge in [0.05, 0.1) is 11.7 Å². The Balaban J connectivity index is 2.04. The molecular formula is C11H17BN2O3. The lowest BCUT2D eigenvalue weighted by Crippen LogP contribution is -2.37. The van der Waals surface area contributed by atoms with Crippen molar-refractivity contribution in [3.8, 4) is 0 Å². The molecule has 17 heavy (non-hydrogen) atoms. The van der Waals surface area contributed by atoms with Gasteiger partial charge in [-0.05, 0) is 18.1 Å². The van der Waals surface area contributed by atoms with Gasteiger partial charge in [0, 0.05) is 32.9 Å². The third kappa shape index (κ3) is 3.04. The number of pyridine rings is 1. The molecule has 1 saturated heterocycles. The van der Waals surface area contributed by atoms with E-state index in [1.807, 2.05) is 12.1 Å². The summed E-state index contributed by atoms with van der Waals surface area (Å²) in [6, 6.07) is 3.69. The third-order valence-electron chi connectivity index (χ3n) is 3.13. The highest BCUT2D eigenvalue weighted by atomic mass is 16.5. The molecule has 2 rings (SSSR count). The molecule has 1 unspecified atom stereocenters. The second-order valence-corrected chi connectivity index (χ2v) is 4.30. The third-order valence-corrected chi connectivity index (χ3v) is 3.13. The maximum atomic E-state index is 9.23. The average molecular weight is 236 g/mol. The molecule has 1 atom stereocenters. The Morgan fingerprint density at radius 1 is 1.59 bits per heavy atom. The molecule has 0 bridgehead atoms. The smallest absolute Gasteiger partial charge is 0.422 e. The van der Waals surface area contributed by atoms with Gasteiger partial charge in [-0.2, -0.15) is 0 Å². The zero-order valence-corrected chi connectivity index (χ0v) is 9.91. The SMILES string of the molecule is COC1CCN(Cc2cccnc2B(O)O)C1. The lowest BCUT2D eigenvalue weighted by molar-refractivity contribution is 0.107. The Morgan fingerprint density at radius 3 is 3.06 bits per heavy atom.